The van der Waals surface area contributed by atoms with E-state index in [4.69, 9.17) is 0 Å². The first-order chi connectivity index (χ1) is 7.11. The van der Waals surface area contributed by atoms with Gasteiger partial charge in [0.05, 0.1) is 19.3 Å². The lowest BCUT2D eigenvalue weighted by Gasteiger charge is -2.00. The van der Waals surface area contributed by atoms with E-state index < -0.39 is 10.7 Å². The summed E-state index contributed by atoms with van der Waals surface area (Å²) >= 11 is 0. The van der Waals surface area contributed by atoms with E-state index in [0.29, 0.717) is 0 Å². The molecule has 0 aromatic heterocycles. The van der Waals surface area contributed by atoms with Crippen molar-refractivity contribution in [1.82, 2.24) is 0 Å². The Labute approximate surface area is 89.8 Å². The van der Waals surface area contributed by atoms with Crippen LogP contribution < -0.4 is 0 Å². The zero-order valence-corrected chi connectivity index (χ0v) is 9.20. The normalized spacial score (nSPS) is 10.3. The molecule has 0 atom stereocenters. The van der Waals surface area contributed by atoms with E-state index in [-0.39, 0.29) is 18.1 Å². The fourth-order valence-electron chi connectivity index (χ4n) is 1.15. The molecule has 0 fully saturated rings. The zero-order chi connectivity index (χ0) is 11.3. The topological polar surface area (TPSA) is 60.4 Å². The molecule has 4 nitrogen and oxygen atoms in total. The van der Waals surface area contributed by atoms with Gasteiger partial charge in [-0.3, -0.25) is 4.79 Å². The molecule has 0 radical (unpaired) electrons. The number of carbonyl (C=O) groups is 1. The first kappa shape index (κ1) is 11.7. The molecule has 5 heteroatoms. The van der Waals surface area contributed by atoms with Crippen molar-refractivity contribution in [2.75, 3.05) is 7.11 Å². The SMILES string of the molecule is COC(=O)Cc1ccc(C[SH](=O)=O)cc1. The molecule has 0 aliphatic rings. The van der Waals surface area contributed by atoms with E-state index in [1.54, 1.807) is 24.3 Å². The third-order valence-electron chi connectivity index (χ3n) is 1.91. The molecule has 0 bridgehead atoms. The Morgan fingerprint density at radius 2 is 1.73 bits per heavy atom. The van der Waals surface area contributed by atoms with Crippen molar-refractivity contribution in [3.05, 3.63) is 35.4 Å². The van der Waals surface area contributed by atoms with Gasteiger partial charge in [-0.25, -0.2) is 8.42 Å². The van der Waals surface area contributed by atoms with E-state index in [0.717, 1.165) is 11.1 Å². The van der Waals surface area contributed by atoms with Crippen molar-refractivity contribution in [3.8, 4) is 0 Å². The molecule has 82 valence electrons. The highest BCUT2D eigenvalue weighted by Crippen LogP contribution is 2.06. The van der Waals surface area contributed by atoms with Crippen molar-refractivity contribution in [2.45, 2.75) is 12.2 Å². The number of carbonyl (C=O) groups excluding carboxylic acids is 1. The Hall–Kier alpha value is -1.36. The van der Waals surface area contributed by atoms with Crippen molar-refractivity contribution in [1.29, 1.82) is 0 Å². The van der Waals surface area contributed by atoms with Crippen LogP contribution in [0.2, 0.25) is 0 Å². The van der Waals surface area contributed by atoms with Gasteiger partial charge in [-0.2, -0.15) is 0 Å². The van der Waals surface area contributed by atoms with Crippen LogP contribution in [0.4, 0.5) is 0 Å². The average molecular weight is 228 g/mol. The number of thiol groups is 1. The van der Waals surface area contributed by atoms with E-state index >= 15 is 0 Å². The Morgan fingerprint density at radius 3 is 2.20 bits per heavy atom. The van der Waals surface area contributed by atoms with Crippen LogP contribution >= 0.6 is 0 Å². The van der Waals surface area contributed by atoms with E-state index in [1.807, 2.05) is 0 Å². The van der Waals surface area contributed by atoms with Gasteiger partial charge in [-0.05, 0) is 11.1 Å². The van der Waals surface area contributed by atoms with E-state index in [2.05, 4.69) is 4.74 Å². The second-order valence-electron chi connectivity index (χ2n) is 3.06. The zero-order valence-electron chi connectivity index (χ0n) is 8.30. The van der Waals surface area contributed by atoms with Crippen LogP contribution in [0.15, 0.2) is 24.3 Å². The van der Waals surface area contributed by atoms with Crippen molar-refractivity contribution >= 4 is 16.7 Å². The van der Waals surface area contributed by atoms with Gasteiger partial charge in [0.15, 0.2) is 0 Å². The lowest BCUT2D eigenvalue weighted by molar-refractivity contribution is -0.139. The molecule has 0 spiro atoms. The number of rotatable bonds is 4. The van der Waals surface area contributed by atoms with Crippen LogP contribution in [-0.2, 0) is 32.4 Å². The number of hydrogen-bond donors (Lipinski definition) is 1. The van der Waals surface area contributed by atoms with Gasteiger partial charge in [-0.1, -0.05) is 24.3 Å². The minimum absolute atomic E-state index is 0.0356. The first-order valence-corrected chi connectivity index (χ1v) is 5.74. The number of ether oxygens (including phenoxy) is 1. The molecule has 1 aromatic rings. The number of esters is 1. The number of methoxy groups -OCH3 is 1. The molecular formula is C10H12O4S. The number of benzene rings is 1. The Bertz CT molecular complexity index is 398. The molecule has 15 heavy (non-hydrogen) atoms. The maximum Gasteiger partial charge on any atom is 0.309 e. The van der Waals surface area contributed by atoms with E-state index in [9.17, 15) is 13.2 Å². The average Bonchev–Trinajstić information content (AvgIpc) is 2.20. The first-order valence-electron chi connectivity index (χ1n) is 4.38. The van der Waals surface area contributed by atoms with Crippen molar-refractivity contribution in [2.24, 2.45) is 0 Å². The molecule has 0 unspecified atom stereocenters. The summed E-state index contributed by atoms with van der Waals surface area (Å²) in [7, 11) is -1.07. The van der Waals surface area contributed by atoms with Crippen molar-refractivity contribution in [3.63, 3.8) is 0 Å². The molecule has 0 saturated heterocycles. The van der Waals surface area contributed by atoms with Crippen LogP contribution in [-0.4, -0.2) is 21.5 Å². The van der Waals surface area contributed by atoms with Gasteiger partial charge < -0.3 is 4.74 Å². The van der Waals surface area contributed by atoms with Gasteiger partial charge in [0.2, 0.25) is 0 Å². The van der Waals surface area contributed by atoms with Crippen LogP contribution in [0.5, 0.6) is 0 Å². The largest absolute Gasteiger partial charge is 0.469 e. The van der Waals surface area contributed by atoms with E-state index in [1.165, 1.54) is 7.11 Å². The molecule has 1 aromatic carbocycles. The molecule has 0 N–H and O–H groups in total. The van der Waals surface area contributed by atoms with Crippen LogP contribution in [0.25, 0.3) is 0 Å². The molecule has 0 amide bonds. The highest BCUT2D eigenvalue weighted by molar-refractivity contribution is 7.71. The second kappa shape index (κ2) is 5.50. The summed E-state index contributed by atoms with van der Waals surface area (Å²) in [6, 6.07) is 6.85. The van der Waals surface area contributed by atoms with Crippen LogP contribution in [0.1, 0.15) is 11.1 Å². The summed E-state index contributed by atoms with van der Waals surface area (Å²) in [5.74, 6) is -0.272. The summed E-state index contributed by atoms with van der Waals surface area (Å²) < 4.78 is 25.4. The highest BCUT2D eigenvalue weighted by Gasteiger charge is 2.02. The second-order valence-corrected chi connectivity index (χ2v) is 4.04. The Kier molecular flexibility index (Phi) is 4.30. The Morgan fingerprint density at radius 1 is 1.20 bits per heavy atom. The highest BCUT2D eigenvalue weighted by atomic mass is 32.2. The third-order valence-corrected chi connectivity index (χ3v) is 2.53. The summed E-state index contributed by atoms with van der Waals surface area (Å²) in [5, 5.41) is 0. The summed E-state index contributed by atoms with van der Waals surface area (Å²) in [5.41, 5.74) is 1.53. The molecule has 0 saturated carbocycles. The molecule has 0 heterocycles. The summed E-state index contributed by atoms with van der Waals surface area (Å²) in [4.78, 5) is 10.9. The van der Waals surface area contributed by atoms with Crippen LogP contribution in [0, 0.1) is 0 Å². The van der Waals surface area contributed by atoms with Gasteiger partial charge in [-0.15, -0.1) is 0 Å². The third kappa shape index (κ3) is 4.12. The van der Waals surface area contributed by atoms with Gasteiger partial charge in [0.25, 0.3) is 0 Å². The predicted octanol–water partition coefficient (Wildman–Crippen LogP) is 0.514. The predicted molar refractivity (Wildman–Crippen MR) is 56.2 cm³/mol. The Balaban J connectivity index is 2.67. The van der Waals surface area contributed by atoms with Crippen LogP contribution in [0.3, 0.4) is 0 Å². The maximum absolute atomic E-state index is 10.9. The molecular weight excluding hydrogens is 216 g/mol. The van der Waals surface area contributed by atoms with Crippen molar-refractivity contribution < 1.29 is 17.9 Å². The molecule has 1 rings (SSSR count). The van der Waals surface area contributed by atoms with Gasteiger partial charge in [0.1, 0.15) is 10.7 Å². The molecule has 0 aliphatic carbocycles. The standard InChI is InChI=1S/C10H12O4S/c1-14-10(11)6-8-2-4-9(5-3-8)7-15(12)13/h2-5,15H,6-7H2,1H3. The smallest absolute Gasteiger partial charge is 0.309 e. The fraction of sp³-hybridized carbons (Fsp3) is 0.300. The monoisotopic (exact) mass is 228 g/mol. The molecule has 0 aliphatic heterocycles. The number of hydrogen-bond acceptors (Lipinski definition) is 4. The summed E-state index contributed by atoms with van der Waals surface area (Å²) in [6.45, 7) is 0. The minimum Gasteiger partial charge on any atom is -0.469 e. The quantitative estimate of drug-likeness (QED) is 0.602. The van der Waals surface area contributed by atoms with Gasteiger partial charge >= 0.3 is 5.97 Å². The lowest BCUT2D eigenvalue weighted by atomic mass is 10.1. The maximum atomic E-state index is 10.9. The van der Waals surface area contributed by atoms with Gasteiger partial charge in [0, 0.05) is 0 Å². The fourth-order valence-corrected chi connectivity index (χ4v) is 1.66. The lowest BCUT2D eigenvalue weighted by Crippen LogP contribution is -2.04. The summed E-state index contributed by atoms with van der Waals surface area (Å²) in [6.07, 6.45) is 0.209. The minimum atomic E-state index is -2.40.